The molecule has 1 unspecified atom stereocenters. The summed E-state index contributed by atoms with van der Waals surface area (Å²) in [5, 5.41) is 10.4. The molecule has 1 atom stereocenters. The molecular formula is C19H16ClN3O2S. The van der Waals surface area contributed by atoms with Gasteiger partial charge in [-0.1, -0.05) is 23.8 Å². The van der Waals surface area contributed by atoms with Crippen LogP contribution in [0.2, 0.25) is 5.02 Å². The van der Waals surface area contributed by atoms with E-state index in [0.717, 1.165) is 12.0 Å². The fourth-order valence-electron chi connectivity index (χ4n) is 2.71. The number of hydrogen-bond acceptors (Lipinski definition) is 3. The Labute approximate surface area is 158 Å². The van der Waals surface area contributed by atoms with Gasteiger partial charge in [-0.3, -0.25) is 9.10 Å². The van der Waals surface area contributed by atoms with E-state index in [-0.39, 0.29) is 5.56 Å². The number of nitrogens with zero attached hydrogens (tertiary/aromatic N) is 2. The van der Waals surface area contributed by atoms with Gasteiger partial charge in [-0.2, -0.15) is 5.26 Å². The van der Waals surface area contributed by atoms with E-state index in [0.29, 0.717) is 32.8 Å². The number of benzene rings is 1. The molecule has 0 amide bonds. The molecule has 1 aromatic heterocycles. The van der Waals surface area contributed by atoms with E-state index in [1.807, 2.05) is 12.3 Å². The van der Waals surface area contributed by atoms with Gasteiger partial charge in [0.1, 0.15) is 0 Å². The second-order valence-corrected chi connectivity index (χ2v) is 7.55. The first-order valence-electron chi connectivity index (χ1n) is 7.98. The van der Waals surface area contributed by atoms with Crippen molar-refractivity contribution in [1.82, 2.24) is 9.29 Å². The number of nitriles is 1. The quantitative estimate of drug-likeness (QED) is 0.642. The molecule has 26 heavy (non-hydrogen) atoms. The van der Waals surface area contributed by atoms with Gasteiger partial charge in [0.2, 0.25) is 0 Å². The highest BCUT2D eigenvalue weighted by Gasteiger charge is 2.20. The normalized spacial score (nSPS) is 16.1. The molecule has 0 fully saturated rings. The van der Waals surface area contributed by atoms with Gasteiger partial charge in [0.25, 0.3) is 5.56 Å². The molecular weight excluding hydrogens is 370 g/mol. The lowest BCUT2D eigenvalue weighted by atomic mass is 10.2. The number of aromatic amines is 1. The molecule has 0 saturated carbocycles. The number of pyridine rings is 1. The van der Waals surface area contributed by atoms with E-state index < -0.39 is 11.0 Å². The lowest BCUT2D eigenvalue weighted by Gasteiger charge is -2.15. The molecule has 2 heterocycles. The van der Waals surface area contributed by atoms with Crippen LogP contribution in [0.3, 0.4) is 0 Å². The van der Waals surface area contributed by atoms with Crippen molar-refractivity contribution in [1.29, 1.82) is 5.26 Å². The largest absolute Gasteiger partial charge is 0.329 e. The Morgan fingerprint density at radius 2 is 2.23 bits per heavy atom. The zero-order chi connectivity index (χ0) is 18.7. The van der Waals surface area contributed by atoms with Gasteiger partial charge in [-0.05, 0) is 43.2 Å². The molecule has 7 heteroatoms. The Morgan fingerprint density at radius 1 is 1.42 bits per heavy atom. The summed E-state index contributed by atoms with van der Waals surface area (Å²) in [5.41, 5.74) is 1.29. The minimum atomic E-state index is -1.48. The Morgan fingerprint density at radius 3 is 2.96 bits per heavy atom. The predicted molar refractivity (Wildman–Crippen MR) is 104 cm³/mol. The summed E-state index contributed by atoms with van der Waals surface area (Å²) in [6, 6.07) is 7.03. The predicted octanol–water partition coefficient (Wildman–Crippen LogP) is 3.82. The molecule has 0 aliphatic carbocycles. The molecule has 2 aromatic rings. The third-order valence-corrected chi connectivity index (χ3v) is 5.71. The average Bonchev–Trinajstić information content (AvgIpc) is 3.11. The third-order valence-electron chi connectivity index (χ3n) is 4.06. The maximum absolute atomic E-state index is 13.1. The number of fused-ring (bicyclic) bond motifs is 1. The van der Waals surface area contributed by atoms with Crippen molar-refractivity contribution in [3.8, 4) is 6.07 Å². The Balaban J connectivity index is 1.94. The molecule has 1 N–H and O–H groups in total. The average molecular weight is 386 g/mol. The zero-order valence-corrected chi connectivity index (χ0v) is 15.6. The summed E-state index contributed by atoms with van der Waals surface area (Å²) in [7, 11) is -1.48. The number of rotatable bonds is 4. The Kier molecular flexibility index (Phi) is 5.40. The van der Waals surface area contributed by atoms with Crippen molar-refractivity contribution < 1.29 is 4.21 Å². The molecule has 0 bridgehead atoms. The minimum absolute atomic E-state index is 0.265. The van der Waals surface area contributed by atoms with E-state index in [9.17, 15) is 9.00 Å². The number of allylic oxidation sites excluding steroid dienone is 4. The monoisotopic (exact) mass is 385 g/mol. The SMILES string of the molecule is C/C=C(C#N)\C=C/C1=CN(S(=O)c2cc(Cl)cc3c(=O)[nH]ccc23)CC1. The van der Waals surface area contributed by atoms with Crippen molar-refractivity contribution in [3.63, 3.8) is 0 Å². The lowest BCUT2D eigenvalue weighted by Crippen LogP contribution is -2.18. The van der Waals surface area contributed by atoms with Crippen LogP contribution < -0.4 is 5.56 Å². The van der Waals surface area contributed by atoms with Crippen LogP contribution in [-0.4, -0.2) is 20.0 Å². The molecule has 1 aromatic carbocycles. The van der Waals surface area contributed by atoms with E-state index in [4.69, 9.17) is 16.9 Å². The number of halogens is 1. The highest BCUT2D eigenvalue weighted by molar-refractivity contribution is 7.83. The van der Waals surface area contributed by atoms with Crippen molar-refractivity contribution in [3.05, 3.63) is 75.3 Å². The number of hydrogen-bond donors (Lipinski definition) is 1. The molecule has 0 radical (unpaired) electrons. The lowest BCUT2D eigenvalue weighted by molar-refractivity contribution is 0.593. The second kappa shape index (κ2) is 7.73. The standard InChI is InChI=1S/C19H16ClN3O2S/c1-2-13(11-21)3-4-14-6-8-23(12-14)26(25)18-10-15(20)9-17-16(18)5-7-22-19(17)24/h2-5,7,9-10,12H,6,8H2,1H3,(H,22,24)/b4-3-,13-2+. The molecule has 1 aliphatic heterocycles. The van der Waals surface area contributed by atoms with Crippen LogP contribution in [0.4, 0.5) is 0 Å². The minimum Gasteiger partial charge on any atom is -0.329 e. The molecule has 132 valence electrons. The van der Waals surface area contributed by atoms with Crippen molar-refractivity contribution in [2.45, 2.75) is 18.2 Å². The first-order chi connectivity index (χ1) is 12.5. The van der Waals surface area contributed by atoms with E-state index in [2.05, 4.69) is 11.1 Å². The third kappa shape index (κ3) is 3.64. The number of aromatic nitrogens is 1. The Bertz CT molecular complexity index is 1080. The maximum atomic E-state index is 13.1. The first kappa shape index (κ1) is 18.2. The topological polar surface area (TPSA) is 77.0 Å². The van der Waals surface area contributed by atoms with Crippen LogP contribution in [0.5, 0.6) is 0 Å². The van der Waals surface area contributed by atoms with Crippen molar-refractivity contribution >= 4 is 33.4 Å². The summed E-state index contributed by atoms with van der Waals surface area (Å²) in [5.74, 6) is 0. The van der Waals surface area contributed by atoms with Crippen LogP contribution in [0.1, 0.15) is 13.3 Å². The summed E-state index contributed by atoms with van der Waals surface area (Å²) in [4.78, 5) is 15.1. The van der Waals surface area contributed by atoms with Gasteiger partial charge >= 0.3 is 0 Å². The molecule has 5 nitrogen and oxygen atoms in total. The van der Waals surface area contributed by atoms with Crippen LogP contribution >= 0.6 is 11.6 Å². The summed E-state index contributed by atoms with van der Waals surface area (Å²) >= 11 is 6.12. The summed E-state index contributed by atoms with van der Waals surface area (Å²) < 4.78 is 14.8. The fourth-order valence-corrected chi connectivity index (χ4v) is 4.33. The molecule has 0 spiro atoms. The maximum Gasteiger partial charge on any atom is 0.255 e. The number of H-pyrrole nitrogens is 1. The Hall–Kier alpha value is -2.62. The highest BCUT2D eigenvalue weighted by Crippen LogP contribution is 2.28. The molecule has 1 aliphatic rings. The van der Waals surface area contributed by atoms with Gasteiger partial charge in [-0.15, -0.1) is 0 Å². The van der Waals surface area contributed by atoms with Gasteiger partial charge in [0, 0.05) is 40.3 Å². The molecule has 0 saturated heterocycles. The van der Waals surface area contributed by atoms with Gasteiger partial charge in [-0.25, -0.2) is 4.21 Å². The van der Waals surface area contributed by atoms with Crippen molar-refractivity contribution in [2.75, 3.05) is 6.54 Å². The smallest absolute Gasteiger partial charge is 0.255 e. The molecule has 3 rings (SSSR count). The van der Waals surface area contributed by atoms with Crippen LogP contribution in [0.15, 0.2) is 69.7 Å². The van der Waals surface area contributed by atoms with Gasteiger partial charge in [0.15, 0.2) is 11.0 Å². The summed E-state index contributed by atoms with van der Waals surface area (Å²) in [6.45, 7) is 2.39. The summed E-state index contributed by atoms with van der Waals surface area (Å²) in [6.07, 6.45) is 9.41. The van der Waals surface area contributed by atoms with Crippen LogP contribution in [-0.2, 0) is 11.0 Å². The fraction of sp³-hybridized carbons (Fsp3) is 0.158. The van der Waals surface area contributed by atoms with E-state index in [1.54, 1.807) is 41.6 Å². The van der Waals surface area contributed by atoms with E-state index >= 15 is 0 Å². The van der Waals surface area contributed by atoms with Crippen molar-refractivity contribution in [2.24, 2.45) is 0 Å². The van der Waals surface area contributed by atoms with E-state index in [1.165, 1.54) is 6.20 Å². The van der Waals surface area contributed by atoms with Crippen LogP contribution in [0, 0.1) is 11.3 Å². The number of nitrogens with one attached hydrogen (secondary N) is 1. The highest BCUT2D eigenvalue weighted by atomic mass is 35.5. The first-order valence-corrected chi connectivity index (χ1v) is 9.46. The second-order valence-electron chi connectivity index (χ2n) is 5.70. The van der Waals surface area contributed by atoms with Gasteiger partial charge in [0.05, 0.1) is 11.0 Å². The van der Waals surface area contributed by atoms with Gasteiger partial charge < -0.3 is 4.98 Å². The van der Waals surface area contributed by atoms with Crippen LogP contribution in [0.25, 0.3) is 10.8 Å². The zero-order valence-electron chi connectivity index (χ0n) is 14.0.